The van der Waals surface area contributed by atoms with Gasteiger partial charge in [0.2, 0.25) is 12.7 Å². The molecule has 0 aromatic heterocycles. The predicted molar refractivity (Wildman–Crippen MR) is 90.5 cm³/mol. The van der Waals surface area contributed by atoms with Crippen molar-refractivity contribution in [2.24, 2.45) is 0 Å². The minimum absolute atomic E-state index is 0.187. The van der Waals surface area contributed by atoms with Gasteiger partial charge in [0.05, 0.1) is 12.1 Å². The van der Waals surface area contributed by atoms with Crippen LogP contribution >= 0.6 is 11.6 Å². The zero-order valence-corrected chi connectivity index (χ0v) is 14.0. The van der Waals surface area contributed by atoms with Crippen LogP contribution in [0, 0.1) is 0 Å². The molecule has 1 atom stereocenters. The van der Waals surface area contributed by atoms with Gasteiger partial charge in [0.15, 0.2) is 17.5 Å². The van der Waals surface area contributed by atoms with Crippen LogP contribution in [0.1, 0.15) is 12.0 Å². The molecule has 2 aromatic rings. The Kier molecular flexibility index (Phi) is 4.07. The SMILES string of the molecule is O=C1C[C@@H]([NH2+]Cc2ccc3c(c2)OCO3)C(=O)N1c1ccc(Cl)cc1. The number of fused-ring (bicyclic) bond motifs is 1. The third-order valence-electron chi connectivity index (χ3n) is 4.34. The number of anilines is 1. The topological polar surface area (TPSA) is 72.5 Å². The second-order valence-corrected chi connectivity index (χ2v) is 6.42. The molecule has 4 rings (SSSR count). The highest BCUT2D eigenvalue weighted by atomic mass is 35.5. The van der Waals surface area contributed by atoms with Crippen LogP contribution in [-0.2, 0) is 16.1 Å². The quantitative estimate of drug-likeness (QED) is 0.839. The van der Waals surface area contributed by atoms with Crippen molar-refractivity contribution in [2.75, 3.05) is 11.7 Å². The van der Waals surface area contributed by atoms with E-state index >= 15 is 0 Å². The maximum atomic E-state index is 12.6. The van der Waals surface area contributed by atoms with Crippen LogP contribution in [0.3, 0.4) is 0 Å². The van der Waals surface area contributed by atoms with Crippen LogP contribution in [-0.4, -0.2) is 24.6 Å². The molecule has 0 bridgehead atoms. The molecule has 7 heteroatoms. The molecule has 1 saturated heterocycles. The summed E-state index contributed by atoms with van der Waals surface area (Å²) < 4.78 is 10.6. The Morgan fingerprint density at radius 2 is 1.84 bits per heavy atom. The largest absolute Gasteiger partial charge is 0.454 e. The van der Waals surface area contributed by atoms with Gasteiger partial charge in [-0.3, -0.25) is 9.59 Å². The summed E-state index contributed by atoms with van der Waals surface area (Å²) in [4.78, 5) is 26.1. The summed E-state index contributed by atoms with van der Waals surface area (Å²) in [7, 11) is 0. The van der Waals surface area contributed by atoms with Crippen molar-refractivity contribution in [1.82, 2.24) is 0 Å². The molecule has 2 heterocycles. The van der Waals surface area contributed by atoms with E-state index in [2.05, 4.69) is 0 Å². The first-order valence-corrected chi connectivity index (χ1v) is 8.34. The maximum Gasteiger partial charge on any atom is 0.292 e. The zero-order chi connectivity index (χ0) is 17.4. The van der Waals surface area contributed by atoms with E-state index < -0.39 is 6.04 Å². The first-order valence-electron chi connectivity index (χ1n) is 7.96. The fraction of sp³-hybridized carbons (Fsp3) is 0.222. The van der Waals surface area contributed by atoms with E-state index in [1.165, 1.54) is 4.90 Å². The third-order valence-corrected chi connectivity index (χ3v) is 4.59. The van der Waals surface area contributed by atoms with Crippen LogP contribution < -0.4 is 19.7 Å². The number of hydrogen-bond acceptors (Lipinski definition) is 4. The van der Waals surface area contributed by atoms with E-state index in [1.54, 1.807) is 24.3 Å². The summed E-state index contributed by atoms with van der Waals surface area (Å²) in [5, 5.41) is 2.45. The second kappa shape index (κ2) is 6.38. The van der Waals surface area contributed by atoms with Gasteiger partial charge < -0.3 is 14.8 Å². The van der Waals surface area contributed by atoms with Gasteiger partial charge in [-0.1, -0.05) is 11.6 Å². The van der Waals surface area contributed by atoms with Crippen molar-refractivity contribution < 1.29 is 24.4 Å². The number of rotatable bonds is 4. The standard InChI is InChI=1S/C18H15ClN2O4/c19-12-2-4-13(5-3-12)21-17(22)8-14(18(21)23)20-9-11-1-6-15-16(7-11)25-10-24-15/h1-7,14,20H,8-10H2/p+1/t14-/m1/s1. The van der Waals surface area contributed by atoms with E-state index in [9.17, 15) is 9.59 Å². The second-order valence-electron chi connectivity index (χ2n) is 5.98. The Bertz CT molecular complexity index is 837. The normalized spacial score (nSPS) is 18.9. The lowest BCUT2D eigenvalue weighted by Crippen LogP contribution is -2.90. The minimum Gasteiger partial charge on any atom is -0.454 e. The first-order chi connectivity index (χ1) is 12.1. The molecular formula is C18H16ClN2O4+. The van der Waals surface area contributed by atoms with Crippen LogP contribution in [0.25, 0.3) is 0 Å². The summed E-state index contributed by atoms with van der Waals surface area (Å²) in [5.41, 5.74) is 1.56. The molecule has 0 spiro atoms. The molecule has 25 heavy (non-hydrogen) atoms. The van der Waals surface area contributed by atoms with E-state index in [0.717, 1.165) is 11.3 Å². The van der Waals surface area contributed by atoms with Crippen LogP contribution in [0.5, 0.6) is 11.5 Å². The fourth-order valence-electron chi connectivity index (χ4n) is 3.05. The lowest BCUT2D eigenvalue weighted by Gasteiger charge is -2.14. The van der Waals surface area contributed by atoms with Crippen molar-refractivity contribution in [3.8, 4) is 11.5 Å². The molecule has 1 fully saturated rings. The third kappa shape index (κ3) is 3.06. The average Bonchev–Trinajstić information content (AvgIpc) is 3.18. The molecule has 0 aliphatic carbocycles. The van der Waals surface area contributed by atoms with Crippen LogP contribution in [0.15, 0.2) is 42.5 Å². The Balaban J connectivity index is 1.44. The lowest BCUT2D eigenvalue weighted by atomic mass is 10.1. The molecule has 2 aliphatic heterocycles. The smallest absolute Gasteiger partial charge is 0.292 e. The Morgan fingerprint density at radius 1 is 1.08 bits per heavy atom. The fourth-order valence-corrected chi connectivity index (χ4v) is 3.17. The molecule has 128 valence electrons. The van der Waals surface area contributed by atoms with Crippen molar-refractivity contribution in [1.29, 1.82) is 0 Å². The number of nitrogens with zero attached hydrogens (tertiary/aromatic N) is 1. The molecule has 0 unspecified atom stereocenters. The summed E-state index contributed by atoms with van der Waals surface area (Å²) in [6.07, 6.45) is 0.187. The molecule has 2 aliphatic rings. The van der Waals surface area contributed by atoms with Gasteiger partial charge in [0, 0.05) is 10.6 Å². The Labute approximate surface area is 149 Å². The van der Waals surface area contributed by atoms with Crippen LogP contribution in [0.2, 0.25) is 5.02 Å². The van der Waals surface area contributed by atoms with Crippen molar-refractivity contribution in [3.63, 3.8) is 0 Å². The lowest BCUT2D eigenvalue weighted by molar-refractivity contribution is -0.690. The van der Waals surface area contributed by atoms with Crippen molar-refractivity contribution >= 4 is 29.1 Å². The number of halogens is 1. The van der Waals surface area contributed by atoms with Gasteiger partial charge in [0.1, 0.15) is 6.54 Å². The number of carbonyl (C=O) groups excluding carboxylic acids is 2. The van der Waals surface area contributed by atoms with E-state index in [0.29, 0.717) is 23.0 Å². The molecule has 0 radical (unpaired) electrons. The van der Waals surface area contributed by atoms with Gasteiger partial charge >= 0.3 is 0 Å². The number of benzene rings is 2. The molecule has 0 saturated carbocycles. The Morgan fingerprint density at radius 3 is 2.64 bits per heavy atom. The molecular weight excluding hydrogens is 344 g/mol. The molecule has 2 amide bonds. The summed E-state index contributed by atoms with van der Waals surface area (Å²) in [6.45, 7) is 0.808. The maximum absolute atomic E-state index is 12.6. The molecule has 6 nitrogen and oxygen atoms in total. The van der Waals surface area contributed by atoms with Gasteiger partial charge in [-0.15, -0.1) is 0 Å². The van der Waals surface area contributed by atoms with E-state index in [1.807, 2.05) is 23.5 Å². The number of amides is 2. The van der Waals surface area contributed by atoms with Crippen molar-refractivity contribution in [3.05, 3.63) is 53.1 Å². The minimum atomic E-state index is -0.423. The molecule has 2 aromatic carbocycles. The number of carbonyl (C=O) groups is 2. The molecule has 2 N–H and O–H groups in total. The summed E-state index contributed by atoms with van der Waals surface area (Å²) in [6, 6.07) is 12.0. The highest BCUT2D eigenvalue weighted by molar-refractivity contribution is 6.30. The number of hydrogen-bond donors (Lipinski definition) is 1. The van der Waals surface area contributed by atoms with Gasteiger partial charge in [0.25, 0.3) is 5.91 Å². The summed E-state index contributed by atoms with van der Waals surface area (Å²) >= 11 is 5.86. The number of quaternary nitrogens is 1. The number of nitrogens with two attached hydrogens (primary N) is 1. The van der Waals surface area contributed by atoms with E-state index in [-0.39, 0.29) is 25.0 Å². The Hall–Kier alpha value is -2.57. The number of ether oxygens (including phenoxy) is 2. The number of imide groups is 1. The monoisotopic (exact) mass is 359 g/mol. The van der Waals surface area contributed by atoms with Gasteiger partial charge in [-0.2, -0.15) is 0 Å². The van der Waals surface area contributed by atoms with Gasteiger partial charge in [-0.05, 0) is 42.5 Å². The van der Waals surface area contributed by atoms with Gasteiger partial charge in [-0.25, -0.2) is 4.90 Å². The van der Waals surface area contributed by atoms with Crippen LogP contribution in [0.4, 0.5) is 5.69 Å². The average molecular weight is 360 g/mol. The zero-order valence-electron chi connectivity index (χ0n) is 13.3. The van der Waals surface area contributed by atoms with Crippen molar-refractivity contribution in [2.45, 2.75) is 19.0 Å². The highest BCUT2D eigenvalue weighted by Crippen LogP contribution is 2.32. The van der Waals surface area contributed by atoms with E-state index in [4.69, 9.17) is 21.1 Å². The summed E-state index contributed by atoms with van der Waals surface area (Å²) in [5.74, 6) is 1.04. The highest BCUT2D eigenvalue weighted by Gasteiger charge is 2.42. The predicted octanol–water partition coefficient (Wildman–Crippen LogP) is 1.46. The first kappa shape index (κ1) is 15.9.